The lowest BCUT2D eigenvalue weighted by Gasteiger charge is -2.14. The van der Waals surface area contributed by atoms with Crippen LogP contribution in [-0.2, 0) is 10.0 Å². The first-order valence-corrected chi connectivity index (χ1v) is 7.98. The van der Waals surface area contributed by atoms with Crippen molar-refractivity contribution in [2.75, 3.05) is 12.3 Å². The molecule has 0 heterocycles. The standard InChI is InChI=1S/C15H17FN2O2S/c1-11(12-6-3-2-4-7-12)10-18-21(19,20)15-13(16)8-5-9-14(15)17/h2-9,11,18H,10,17H2,1H3. The molecule has 6 heteroatoms. The SMILES string of the molecule is CC(CNS(=O)(=O)c1c(N)cccc1F)c1ccccc1. The Kier molecular flexibility index (Phi) is 4.59. The molecule has 21 heavy (non-hydrogen) atoms. The number of nitrogens with one attached hydrogen (secondary N) is 1. The number of nitrogens with two attached hydrogens (primary N) is 1. The van der Waals surface area contributed by atoms with Gasteiger partial charge < -0.3 is 5.73 Å². The summed E-state index contributed by atoms with van der Waals surface area (Å²) in [6.45, 7) is 2.06. The number of anilines is 1. The number of hydrogen-bond acceptors (Lipinski definition) is 3. The smallest absolute Gasteiger partial charge is 0.245 e. The molecule has 0 spiro atoms. The Morgan fingerprint density at radius 2 is 1.81 bits per heavy atom. The van der Waals surface area contributed by atoms with Crippen molar-refractivity contribution in [3.05, 3.63) is 59.9 Å². The average Bonchev–Trinajstić information content (AvgIpc) is 2.45. The Balaban J connectivity index is 2.16. The highest BCUT2D eigenvalue weighted by atomic mass is 32.2. The van der Waals surface area contributed by atoms with Crippen LogP contribution in [0.4, 0.5) is 10.1 Å². The molecule has 2 rings (SSSR count). The van der Waals surface area contributed by atoms with Crippen LogP contribution in [-0.4, -0.2) is 15.0 Å². The fourth-order valence-corrected chi connectivity index (χ4v) is 3.33. The summed E-state index contributed by atoms with van der Waals surface area (Å²) in [4.78, 5) is -0.495. The maximum Gasteiger partial charge on any atom is 0.245 e. The molecular formula is C15H17FN2O2S. The molecule has 3 N–H and O–H groups in total. The van der Waals surface area contributed by atoms with Gasteiger partial charge in [0.25, 0.3) is 0 Å². The van der Waals surface area contributed by atoms with Gasteiger partial charge in [0.15, 0.2) is 0 Å². The van der Waals surface area contributed by atoms with Crippen LogP contribution < -0.4 is 10.5 Å². The third-order valence-corrected chi connectivity index (χ3v) is 4.73. The van der Waals surface area contributed by atoms with Gasteiger partial charge >= 0.3 is 0 Å². The summed E-state index contributed by atoms with van der Waals surface area (Å²) in [6, 6.07) is 13.3. The average molecular weight is 308 g/mol. The number of benzene rings is 2. The van der Waals surface area contributed by atoms with E-state index in [4.69, 9.17) is 5.73 Å². The normalized spacial score (nSPS) is 13.0. The highest BCUT2D eigenvalue weighted by Gasteiger charge is 2.22. The molecule has 0 aliphatic heterocycles. The predicted molar refractivity (Wildman–Crippen MR) is 80.9 cm³/mol. The molecule has 2 aromatic rings. The molecule has 2 aromatic carbocycles. The summed E-state index contributed by atoms with van der Waals surface area (Å²) in [6.07, 6.45) is 0. The molecular weight excluding hydrogens is 291 g/mol. The van der Waals surface area contributed by atoms with Gasteiger partial charge in [0.1, 0.15) is 10.7 Å². The van der Waals surface area contributed by atoms with Gasteiger partial charge in [-0.15, -0.1) is 0 Å². The van der Waals surface area contributed by atoms with Crippen LogP contribution in [0.15, 0.2) is 53.4 Å². The minimum absolute atomic E-state index is 0.0334. The molecule has 0 saturated carbocycles. The third kappa shape index (κ3) is 3.59. The lowest BCUT2D eigenvalue weighted by Crippen LogP contribution is -2.29. The molecule has 0 aliphatic carbocycles. The molecule has 0 bridgehead atoms. The molecule has 1 unspecified atom stereocenters. The Hall–Kier alpha value is -1.92. The first-order valence-electron chi connectivity index (χ1n) is 6.50. The predicted octanol–water partition coefficient (Wildman–Crippen LogP) is 2.49. The fraction of sp³-hybridized carbons (Fsp3) is 0.200. The third-order valence-electron chi connectivity index (χ3n) is 3.21. The monoisotopic (exact) mass is 308 g/mol. The van der Waals surface area contributed by atoms with Crippen molar-refractivity contribution >= 4 is 15.7 Å². The molecule has 0 fully saturated rings. The minimum atomic E-state index is -3.97. The second kappa shape index (κ2) is 6.24. The van der Waals surface area contributed by atoms with Gasteiger partial charge in [0.05, 0.1) is 5.69 Å². The van der Waals surface area contributed by atoms with Gasteiger partial charge in [-0.05, 0) is 23.6 Å². The van der Waals surface area contributed by atoms with Crippen LogP contribution in [0.2, 0.25) is 0 Å². The van der Waals surface area contributed by atoms with Crippen molar-refractivity contribution in [1.29, 1.82) is 0 Å². The molecule has 0 saturated heterocycles. The van der Waals surface area contributed by atoms with Crippen molar-refractivity contribution in [3.8, 4) is 0 Å². The largest absolute Gasteiger partial charge is 0.398 e. The summed E-state index contributed by atoms with van der Waals surface area (Å²) in [5, 5.41) is 0. The maximum absolute atomic E-state index is 13.7. The van der Waals surface area contributed by atoms with E-state index in [-0.39, 0.29) is 18.2 Å². The molecule has 0 amide bonds. The first kappa shape index (κ1) is 15.5. The number of halogens is 1. The summed E-state index contributed by atoms with van der Waals surface area (Å²) >= 11 is 0. The van der Waals surface area contributed by atoms with Gasteiger partial charge in [-0.2, -0.15) is 0 Å². The zero-order valence-corrected chi connectivity index (χ0v) is 12.4. The lowest BCUT2D eigenvalue weighted by molar-refractivity contribution is 0.554. The van der Waals surface area contributed by atoms with E-state index in [9.17, 15) is 12.8 Å². The van der Waals surface area contributed by atoms with Gasteiger partial charge in [0.2, 0.25) is 10.0 Å². The molecule has 1 atom stereocenters. The maximum atomic E-state index is 13.7. The van der Waals surface area contributed by atoms with Gasteiger partial charge in [-0.25, -0.2) is 17.5 Å². The highest BCUT2D eigenvalue weighted by molar-refractivity contribution is 7.89. The number of nitrogen functional groups attached to an aromatic ring is 1. The van der Waals surface area contributed by atoms with Gasteiger partial charge in [-0.3, -0.25) is 0 Å². The van der Waals surface area contributed by atoms with E-state index >= 15 is 0 Å². The minimum Gasteiger partial charge on any atom is -0.398 e. The van der Waals surface area contributed by atoms with E-state index in [2.05, 4.69) is 4.72 Å². The molecule has 0 aliphatic rings. The van der Waals surface area contributed by atoms with Crippen LogP contribution in [0.3, 0.4) is 0 Å². The van der Waals surface area contributed by atoms with E-state index < -0.39 is 20.7 Å². The van der Waals surface area contributed by atoms with Crippen LogP contribution in [0.25, 0.3) is 0 Å². The van der Waals surface area contributed by atoms with Crippen molar-refractivity contribution in [1.82, 2.24) is 4.72 Å². The number of sulfonamides is 1. The van der Waals surface area contributed by atoms with E-state index in [0.29, 0.717) is 0 Å². The molecule has 4 nitrogen and oxygen atoms in total. The van der Waals surface area contributed by atoms with E-state index in [1.165, 1.54) is 12.1 Å². The van der Waals surface area contributed by atoms with Crippen LogP contribution in [0.5, 0.6) is 0 Å². The summed E-state index contributed by atoms with van der Waals surface area (Å²) in [5.41, 5.74) is 6.47. The summed E-state index contributed by atoms with van der Waals surface area (Å²) in [5.74, 6) is -0.885. The number of rotatable bonds is 5. The van der Waals surface area contributed by atoms with E-state index in [0.717, 1.165) is 11.6 Å². The lowest BCUT2D eigenvalue weighted by atomic mass is 10.0. The van der Waals surface area contributed by atoms with E-state index in [1.807, 2.05) is 37.3 Å². The molecule has 0 radical (unpaired) electrons. The van der Waals surface area contributed by atoms with Crippen molar-refractivity contribution in [3.63, 3.8) is 0 Å². The summed E-state index contributed by atoms with van der Waals surface area (Å²) < 4.78 is 40.5. The quantitative estimate of drug-likeness (QED) is 0.834. The number of hydrogen-bond donors (Lipinski definition) is 2. The zero-order valence-electron chi connectivity index (χ0n) is 11.6. The van der Waals surface area contributed by atoms with Crippen LogP contribution >= 0.6 is 0 Å². The topological polar surface area (TPSA) is 72.2 Å². The Bertz CT molecular complexity index is 697. The molecule has 112 valence electrons. The first-order chi connectivity index (χ1) is 9.92. The van der Waals surface area contributed by atoms with Gasteiger partial charge in [0, 0.05) is 6.54 Å². The van der Waals surface area contributed by atoms with Crippen molar-refractivity contribution in [2.24, 2.45) is 0 Å². The summed E-state index contributed by atoms with van der Waals surface area (Å²) in [7, 11) is -3.97. The van der Waals surface area contributed by atoms with Crippen molar-refractivity contribution in [2.45, 2.75) is 17.7 Å². The Morgan fingerprint density at radius 3 is 2.43 bits per heavy atom. The zero-order chi connectivity index (χ0) is 15.5. The van der Waals surface area contributed by atoms with Crippen molar-refractivity contribution < 1.29 is 12.8 Å². The van der Waals surface area contributed by atoms with Gasteiger partial charge in [-0.1, -0.05) is 43.3 Å². The fourth-order valence-electron chi connectivity index (χ4n) is 2.02. The second-order valence-corrected chi connectivity index (χ2v) is 6.53. The molecule has 0 aromatic heterocycles. The van der Waals surface area contributed by atoms with E-state index in [1.54, 1.807) is 0 Å². The van der Waals surface area contributed by atoms with Crippen LogP contribution in [0, 0.1) is 5.82 Å². The highest BCUT2D eigenvalue weighted by Crippen LogP contribution is 2.22. The Labute approximate surface area is 123 Å². The Morgan fingerprint density at radius 1 is 1.14 bits per heavy atom. The van der Waals surface area contributed by atoms with Crippen LogP contribution in [0.1, 0.15) is 18.4 Å². The second-order valence-electron chi connectivity index (χ2n) is 4.82.